The lowest BCUT2D eigenvalue weighted by Crippen LogP contribution is -1.81. The highest BCUT2D eigenvalue weighted by molar-refractivity contribution is 5.96. The Hall–Kier alpha value is -3.48. The van der Waals surface area contributed by atoms with E-state index < -0.39 is 0 Å². The number of hydrogen-bond donors (Lipinski definition) is 2. The van der Waals surface area contributed by atoms with Gasteiger partial charge >= 0.3 is 0 Å². The molecule has 3 aromatic heterocycles. The molecule has 0 amide bonds. The van der Waals surface area contributed by atoms with Gasteiger partial charge in [0.1, 0.15) is 11.3 Å². The van der Waals surface area contributed by atoms with E-state index in [-0.39, 0.29) is 0 Å². The van der Waals surface area contributed by atoms with Gasteiger partial charge in [-0.1, -0.05) is 18.2 Å². The van der Waals surface area contributed by atoms with Gasteiger partial charge in [0.15, 0.2) is 5.76 Å². The quantitative estimate of drug-likeness (QED) is 0.522. The minimum absolute atomic E-state index is 0.545. The average molecular weight is 302 g/mol. The lowest BCUT2D eigenvalue weighted by molar-refractivity contribution is 0.629. The van der Waals surface area contributed by atoms with Crippen molar-refractivity contribution in [1.29, 1.82) is 0 Å². The number of hydrogen-bond acceptors (Lipinski definition) is 5. The normalized spacial score (nSPS) is 11.5. The third kappa shape index (κ3) is 1.83. The van der Waals surface area contributed by atoms with E-state index in [1.807, 2.05) is 48.5 Å². The van der Waals surface area contributed by atoms with E-state index in [1.54, 1.807) is 0 Å². The summed E-state index contributed by atoms with van der Waals surface area (Å²) >= 11 is 0. The molecule has 0 aliphatic heterocycles. The molecule has 0 bridgehead atoms. The first-order chi connectivity index (χ1) is 11.4. The zero-order chi connectivity index (χ0) is 15.2. The summed E-state index contributed by atoms with van der Waals surface area (Å²) < 4.78 is 5.92. The smallest absolute Gasteiger partial charge is 0.204 e. The van der Waals surface area contributed by atoms with Crippen molar-refractivity contribution in [2.75, 3.05) is 0 Å². The van der Waals surface area contributed by atoms with Crippen LogP contribution in [0.5, 0.6) is 0 Å². The summed E-state index contributed by atoms with van der Waals surface area (Å²) in [5.74, 6) is 1.27. The lowest BCUT2D eigenvalue weighted by Gasteiger charge is -1.96. The van der Waals surface area contributed by atoms with Gasteiger partial charge in [0.2, 0.25) is 5.82 Å². The number of nitrogens with zero attached hydrogens (tertiary/aromatic N) is 4. The van der Waals surface area contributed by atoms with Crippen molar-refractivity contribution in [3.05, 3.63) is 48.5 Å². The van der Waals surface area contributed by atoms with E-state index in [1.165, 1.54) is 0 Å². The molecule has 5 rings (SSSR count). The summed E-state index contributed by atoms with van der Waals surface area (Å²) in [7, 11) is 0. The van der Waals surface area contributed by atoms with Crippen molar-refractivity contribution in [3.8, 4) is 22.8 Å². The topological polar surface area (TPSA) is 96.3 Å². The molecule has 7 heteroatoms. The highest BCUT2D eigenvalue weighted by Crippen LogP contribution is 2.32. The molecule has 0 radical (unpaired) electrons. The van der Waals surface area contributed by atoms with Crippen LogP contribution in [-0.2, 0) is 0 Å². The second-order valence-electron chi connectivity index (χ2n) is 5.22. The average Bonchev–Trinajstić information content (AvgIpc) is 3.32. The van der Waals surface area contributed by atoms with E-state index in [9.17, 15) is 0 Å². The Bertz CT molecular complexity index is 1090. The highest BCUT2D eigenvalue weighted by atomic mass is 16.3. The maximum absolute atomic E-state index is 5.92. The number of H-pyrrole nitrogens is 2. The van der Waals surface area contributed by atoms with Crippen LogP contribution in [0, 0.1) is 0 Å². The fourth-order valence-electron chi connectivity index (χ4n) is 2.72. The van der Waals surface area contributed by atoms with Crippen LogP contribution in [0.3, 0.4) is 0 Å². The van der Waals surface area contributed by atoms with Gasteiger partial charge in [0.05, 0.1) is 5.52 Å². The number of tetrazole rings is 1. The molecule has 2 aromatic carbocycles. The van der Waals surface area contributed by atoms with Crippen molar-refractivity contribution in [1.82, 2.24) is 30.8 Å². The van der Waals surface area contributed by atoms with E-state index in [4.69, 9.17) is 4.42 Å². The van der Waals surface area contributed by atoms with Gasteiger partial charge in [-0.15, -0.1) is 10.2 Å². The number of rotatable bonds is 2. The number of benzene rings is 2. The molecule has 0 atom stereocenters. The van der Waals surface area contributed by atoms with Gasteiger partial charge in [0, 0.05) is 16.3 Å². The first-order valence-corrected chi connectivity index (χ1v) is 7.09. The van der Waals surface area contributed by atoms with Crippen LogP contribution < -0.4 is 0 Å². The number of fused-ring (bicyclic) bond motifs is 2. The summed E-state index contributed by atoms with van der Waals surface area (Å²) in [4.78, 5) is 0. The molecule has 7 nitrogen and oxygen atoms in total. The van der Waals surface area contributed by atoms with Gasteiger partial charge in [-0.2, -0.15) is 10.3 Å². The molecule has 23 heavy (non-hydrogen) atoms. The molecule has 0 unspecified atom stereocenters. The summed E-state index contributed by atoms with van der Waals surface area (Å²) in [5, 5.41) is 23.5. The summed E-state index contributed by atoms with van der Waals surface area (Å²) in [6, 6.07) is 15.7. The maximum atomic E-state index is 5.92. The van der Waals surface area contributed by atoms with Crippen LogP contribution in [-0.4, -0.2) is 30.8 Å². The molecule has 0 saturated heterocycles. The van der Waals surface area contributed by atoms with E-state index >= 15 is 0 Å². The lowest BCUT2D eigenvalue weighted by atomic mass is 10.1. The molecule has 0 spiro atoms. The van der Waals surface area contributed by atoms with Gasteiger partial charge in [-0.25, -0.2) is 0 Å². The molecule has 0 saturated carbocycles. The number of nitrogens with one attached hydrogen (secondary N) is 2. The fraction of sp³-hybridized carbons (Fsp3) is 0. The molecular weight excluding hydrogens is 292 g/mol. The van der Waals surface area contributed by atoms with E-state index in [0.29, 0.717) is 5.82 Å². The minimum Gasteiger partial charge on any atom is -0.454 e. The largest absolute Gasteiger partial charge is 0.454 e. The predicted molar refractivity (Wildman–Crippen MR) is 84.5 cm³/mol. The monoisotopic (exact) mass is 302 g/mol. The van der Waals surface area contributed by atoms with Crippen LogP contribution in [0.4, 0.5) is 0 Å². The number of furan rings is 1. The zero-order valence-corrected chi connectivity index (χ0v) is 11.8. The SMILES string of the molecule is c1ccc2oc(-c3n[nH]c4ccc(-c5nn[nH]n5)cc34)cc2c1. The number of para-hydroxylation sites is 1. The van der Waals surface area contributed by atoms with Crippen LogP contribution in [0.1, 0.15) is 0 Å². The Labute approximate surface area is 129 Å². The Morgan fingerprint density at radius 3 is 2.78 bits per heavy atom. The van der Waals surface area contributed by atoms with E-state index in [2.05, 4.69) is 30.8 Å². The Kier molecular flexibility index (Phi) is 2.37. The third-order valence-corrected chi connectivity index (χ3v) is 3.83. The third-order valence-electron chi connectivity index (χ3n) is 3.83. The summed E-state index contributed by atoms with van der Waals surface area (Å²) in [6.45, 7) is 0. The van der Waals surface area contributed by atoms with Gasteiger partial charge in [0.25, 0.3) is 0 Å². The summed E-state index contributed by atoms with van der Waals surface area (Å²) in [6.07, 6.45) is 0. The zero-order valence-electron chi connectivity index (χ0n) is 11.8. The van der Waals surface area contributed by atoms with Crippen LogP contribution in [0.2, 0.25) is 0 Å². The summed E-state index contributed by atoms with van der Waals surface area (Å²) in [5.41, 5.74) is 3.40. The van der Waals surface area contributed by atoms with Crippen molar-refractivity contribution in [2.24, 2.45) is 0 Å². The fourth-order valence-corrected chi connectivity index (χ4v) is 2.72. The second-order valence-corrected chi connectivity index (χ2v) is 5.22. The Balaban J connectivity index is 1.73. The molecule has 2 N–H and O–H groups in total. The molecule has 110 valence electrons. The number of aromatic nitrogens is 6. The maximum Gasteiger partial charge on any atom is 0.204 e. The highest BCUT2D eigenvalue weighted by Gasteiger charge is 2.14. The number of aromatic amines is 2. The van der Waals surface area contributed by atoms with Crippen molar-refractivity contribution in [2.45, 2.75) is 0 Å². The van der Waals surface area contributed by atoms with Crippen molar-refractivity contribution >= 4 is 21.9 Å². The van der Waals surface area contributed by atoms with Crippen LogP contribution in [0.15, 0.2) is 52.9 Å². The van der Waals surface area contributed by atoms with Gasteiger partial charge in [-0.3, -0.25) is 5.10 Å². The first kappa shape index (κ1) is 12.1. The molecule has 5 aromatic rings. The van der Waals surface area contributed by atoms with Crippen molar-refractivity contribution < 1.29 is 4.42 Å². The second kappa shape index (κ2) is 4.51. The van der Waals surface area contributed by atoms with E-state index in [0.717, 1.165) is 38.9 Å². The Morgan fingerprint density at radius 2 is 1.91 bits per heavy atom. The standard InChI is InChI=1S/C16H10N6O/c1-2-4-13-9(3-1)8-14(23-13)15-11-7-10(16-19-21-22-20-16)5-6-12(11)17-18-15/h1-8H,(H,17,18)(H,19,20,21,22). The minimum atomic E-state index is 0.545. The van der Waals surface area contributed by atoms with Gasteiger partial charge in [-0.05, 0) is 35.5 Å². The molecule has 0 aliphatic carbocycles. The first-order valence-electron chi connectivity index (χ1n) is 7.09. The predicted octanol–water partition coefficient (Wildman–Crippen LogP) is 3.16. The van der Waals surface area contributed by atoms with Crippen molar-refractivity contribution in [3.63, 3.8) is 0 Å². The van der Waals surface area contributed by atoms with Crippen LogP contribution >= 0.6 is 0 Å². The van der Waals surface area contributed by atoms with Gasteiger partial charge < -0.3 is 4.42 Å². The molecular formula is C16H10N6O. The molecule has 3 heterocycles. The molecule has 0 aliphatic rings. The Morgan fingerprint density at radius 1 is 0.957 bits per heavy atom. The molecule has 0 fully saturated rings. The van der Waals surface area contributed by atoms with Crippen LogP contribution in [0.25, 0.3) is 44.7 Å².